The van der Waals surface area contributed by atoms with Gasteiger partial charge < -0.3 is 24.3 Å². The van der Waals surface area contributed by atoms with Gasteiger partial charge in [-0.1, -0.05) is 0 Å². The van der Waals surface area contributed by atoms with Crippen LogP contribution in [0.3, 0.4) is 0 Å². The highest BCUT2D eigenvalue weighted by atomic mass is 32.2. The molecule has 1 unspecified atom stereocenters. The number of amides is 1. The van der Waals surface area contributed by atoms with Gasteiger partial charge in [0.2, 0.25) is 0 Å². The van der Waals surface area contributed by atoms with E-state index in [1.165, 1.54) is 12.3 Å². The average Bonchev–Trinajstić information content (AvgIpc) is 3.27. The Kier molecular flexibility index (Phi) is 9.00. The number of thioether (sulfide) groups is 1. The predicted molar refractivity (Wildman–Crippen MR) is 139 cm³/mol. The van der Waals surface area contributed by atoms with E-state index in [-0.39, 0.29) is 11.9 Å². The van der Waals surface area contributed by atoms with Crippen LogP contribution in [0, 0.1) is 0 Å². The van der Waals surface area contributed by atoms with Crippen LogP contribution in [0.2, 0.25) is 0 Å². The Hall–Kier alpha value is -3.50. The molecule has 10 heteroatoms. The van der Waals surface area contributed by atoms with Crippen LogP contribution in [-0.2, 0) is 9.47 Å². The molecule has 0 radical (unpaired) electrons. The number of hydrogen-bond donors (Lipinski definition) is 1. The fourth-order valence-corrected chi connectivity index (χ4v) is 3.51. The maximum absolute atomic E-state index is 13.1. The molecule has 1 heterocycles. The Balaban J connectivity index is 1.81. The Labute approximate surface area is 215 Å². The normalized spacial score (nSPS) is 12.1. The van der Waals surface area contributed by atoms with Gasteiger partial charge in [-0.3, -0.25) is 4.79 Å². The lowest BCUT2D eigenvalue weighted by atomic mass is 10.2. The quantitative estimate of drug-likeness (QED) is 0.356. The minimum Gasteiger partial charge on any atom is -0.488 e. The molecular weight excluding hydrogens is 482 g/mol. The molecular formula is C26H31N3O6S. The molecule has 0 fully saturated rings. The second kappa shape index (κ2) is 12.0. The molecule has 1 amide bonds. The molecule has 36 heavy (non-hydrogen) atoms. The molecule has 0 saturated heterocycles. The van der Waals surface area contributed by atoms with Crippen LogP contribution < -0.4 is 14.8 Å². The van der Waals surface area contributed by atoms with Crippen molar-refractivity contribution in [2.45, 2.75) is 44.3 Å². The Morgan fingerprint density at radius 1 is 1.06 bits per heavy atom. The molecule has 0 saturated carbocycles. The van der Waals surface area contributed by atoms with Crippen molar-refractivity contribution in [3.8, 4) is 17.2 Å². The minimum absolute atomic E-state index is 0.194. The number of nitrogens with one attached hydrogen (secondary N) is 1. The third-order valence-corrected chi connectivity index (χ3v) is 5.33. The van der Waals surface area contributed by atoms with Crippen molar-refractivity contribution in [2.75, 3.05) is 25.3 Å². The van der Waals surface area contributed by atoms with Gasteiger partial charge in [0, 0.05) is 35.9 Å². The van der Waals surface area contributed by atoms with E-state index >= 15 is 0 Å². The van der Waals surface area contributed by atoms with Gasteiger partial charge in [0.25, 0.3) is 5.91 Å². The molecule has 0 bridgehead atoms. The number of aromatic nitrogens is 2. The standard InChI is InChI=1S/C26H31N3O6S/c1-17(16-32-5)33-20-13-18(14-21(15-20)34-19-7-9-22(36-6)10-8-19)24(30)27-23-11-12-29(28-23)25(31)35-26(2,3)4/h7-15,17H,16H2,1-6H3,(H,27,28,30). The smallest absolute Gasteiger partial charge is 0.435 e. The van der Waals surface area contributed by atoms with Gasteiger partial charge in [0.05, 0.1) is 6.61 Å². The number of nitrogens with zero attached hydrogens (tertiary/aromatic N) is 2. The fourth-order valence-electron chi connectivity index (χ4n) is 3.10. The molecule has 0 aliphatic rings. The highest BCUT2D eigenvalue weighted by molar-refractivity contribution is 7.98. The summed E-state index contributed by atoms with van der Waals surface area (Å²) in [4.78, 5) is 26.4. The van der Waals surface area contributed by atoms with E-state index in [0.717, 1.165) is 9.58 Å². The molecule has 3 rings (SSSR count). The van der Waals surface area contributed by atoms with Crippen LogP contribution in [0.4, 0.5) is 10.6 Å². The molecule has 192 valence electrons. The molecule has 3 aromatic rings. The lowest BCUT2D eigenvalue weighted by molar-refractivity contribution is 0.0514. The molecule has 0 aliphatic carbocycles. The molecule has 1 aromatic heterocycles. The third kappa shape index (κ3) is 8.03. The maximum Gasteiger partial charge on any atom is 0.435 e. The van der Waals surface area contributed by atoms with Crippen molar-refractivity contribution in [2.24, 2.45) is 0 Å². The number of benzene rings is 2. The van der Waals surface area contributed by atoms with E-state index in [9.17, 15) is 9.59 Å². The lowest BCUT2D eigenvalue weighted by Gasteiger charge is -2.18. The van der Waals surface area contributed by atoms with Crippen molar-refractivity contribution in [3.05, 3.63) is 60.3 Å². The van der Waals surface area contributed by atoms with Crippen molar-refractivity contribution >= 4 is 29.6 Å². The van der Waals surface area contributed by atoms with Gasteiger partial charge in [-0.2, -0.15) is 4.68 Å². The number of carbonyl (C=O) groups is 2. The summed E-state index contributed by atoms with van der Waals surface area (Å²) in [5.41, 5.74) is -0.376. The average molecular weight is 514 g/mol. The molecule has 0 spiro atoms. The zero-order valence-corrected chi connectivity index (χ0v) is 22.0. The Bertz CT molecular complexity index is 1190. The van der Waals surface area contributed by atoms with Gasteiger partial charge >= 0.3 is 6.09 Å². The fraction of sp³-hybridized carbons (Fsp3) is 0.346. The first-order valence-electron chi connectivity index (χ1n) is 11.3. The van der Waals surface area contributed by atoms with Crippen LogP contribution in [0.25, 0.3) is 0 Å². The zero-order valence-electron chi connectivity index (χ0n) is 21.2. The van der Waals surface area contributed by atoms with Gasteiger partial charge in [-0.25, -0.2) is 4.79 Å². The molecule has 2 aromatic carbocycles. The monoisotopic (exact) mass is 513 g/mol. The Morgan fingerprint density at radius 3 is 2.39 bits per heavy atom. The van der Waals surface area contributed by atoms with Crippen LogP contribution in [0.1, 0.15) is 38.1 Å². The maximum atomic E-state index is 13.1. The number of anilines is 1. The summed E-state index contributed by atoms with van der Waals surface area (Å²) in [6.07, 6.45) is 2.53. The van der Waals surface area contributed by atoms with Crippen molar-refractivity contribution in [1.82, 2.24) is 9.78 Å². The molecule has 1 N–H and O–H groups in total. The van der Waals surface area contributed by atoms with E-state index in [4.69, 9.17) is 18.9 Å². The lowest BCUT2D eigenvalue weighted by Crippen LogP contribution is -2.27. The number of carbonyl (C=O) groups excluding carboxylic acids is 2. The van der Waals surface area contributed by atoms with E-state index in [2.05, 4.69) is 10.4 Å². The SMILES string of the molecule is COCC(C)Oc1cc(Oc2ccc(SC)cc2)cc(C(=O)Nc2ccn(C(=O)OC(C)(C)C)n2)c1. The largest absolute Gasteiger partial charge is 0.488 e. The van der Waals surface area contributed by atoms with Gasteiger partial charge in [-0.15, -0.1) is 16.9 Å². The summed E-state index contributed by atoms with van der Waals surface area (Å²) in [5.74, 6) is 1.25. The van der Waals surface area contributed by atoms with Crippen molar-refractivity contribution in [1.29, 1.82) is 0 Å². The molecule has 0 aliphatic heterocycles. The number of methoxy groups -OCH3 is 1. The van der Waals surface area contributed by atoms with E-state index in [1.54, 1.807) is 57.8 Å². The summed E-state index contributed by atoms with van der Waals surface area (Å²) in [6, 6.07) is 14.1. The molecule has 9 nitrogen and oxygen atoms in total. The van der Waals surface area contributed by atoms with Crippen LogP contribution in [0.5, 0.6) is 17.2 Å². The number of ether oxygens (including phenoxy) is 4. The summed E-state index contributed by atoms with van der Waals surface area (Å²) >= 11 is 1.63. The molecule has 1 atom stereocenters. The third-order valence-electron chi connectivity index (χ3n) is 4.59. The second-order valence-electron chi connectivity index (χ2n) is 8.93. The first kappa shape index (κ1) is 27.1. The number of rotatable bonds is 9. The second-order valence-corrected chi connectivity index (χ2v) is 9.81. The van der Waals surface area contributed by atoms with Crippen LogP contribution in [-0.4, -0.2) is 53.5 Å². The van der Waals surface area contributed by atoms with Gasteiger partial charge in [0.15, 0.2) is 5.82 Å². The van der Waals surface area contributed by atoms with Gasteiger partial charge in [-0.05, 0) is 70.3 Å². The first-order chi connectivity index (χ1) is 17.1. The minimum atomic E-state index is -0.668. The van der Waals surface area contributed by atoms with E-state index < -0.39 is 17.6 Å². The number of hydrogen-bond acceptors (Lipinski definition) is 8. The zero-order chi connectivity index (χ0) is 26.3. The summed E-state index contributed by atoms with van der Waals surface area (Å²) < 4.78 is 23.4. The summed E-state index contributed by atoms with van der Waals surface area (Å²) in [6.45, 7) is 7.52. The summed E-state index contributed by atoms with van der Waals surface area (Å²) in [5, 5.41) is 6.78. The van der Waals surface area contributed by atoms with Crippen molar-refractivity contribution < 1.29 is 28.5 Å². The first-order valence-corrected chi connectivity index (χ1v) is 12.5. The van der Waals surface area contributed by atoms with Crippen LogP contribution >= 0.6 is 11.8 Å². The van der Waals surface area contributed by atoms with E-state index in [1.807, 2.05) is 37.4 Å². The van der Waals surface area contributed by atoms with Crippen molar-refractivity contribution in [3.63, 3.8) is 0 Å². The highest BCUT2D eigenvalue weighted by Gasteiger charge is 2.19. The topological polar surface area (TPSA) is 101 Å². The van der Waals surface area contributed by atoms with E-state index in [0.29, 0.717) is 29.4 Å². The van der Waals surface area contributed by atoms with Gasteiger partial charge in [0.1, 0.15) is 29.0 Å². The summed E-state index contributed by atoms with van der Waals surface area (Å²) in [7, 11) is 1.59. The van der Waals surface area contributed by atoms with Crippen LogP contribution in [0.15, 0.2) is 59.6 Å². The Morgan fingerprint density at radius 2 is 1.75 bits per heavy atom. The predicted octanol–water partition coefficient (Wildman–Crippen LogP) is 5.85. The highest BCUT2D eigenvalue weighted by Crippen LogP contribution is 2.30.